The predicted molar refractivity (Wildman–Crippen MR) is 116 cm³/mol. The summed E-state index contributed by atoms with van der Waals surface area (Å²) in [5, 5.41) is 8.78. The molecule has 4 aromatic rings. The third-order valence-corrected chi connectivity index (χ3v) is 6.50. The first kappa shape index (κ1) is 18.9. The number of amides is 1. The summed E-state index contributed by atoms with van der Waals surface area (Å²) in [5.74, 6) is 0.510. The Hall–Kier alpha value is -3.85. The van der Waals surface area contributed by atoms with Gasteiger partial charge in [-0.05, 0) is 60.4 Å². The summed E-state index contributed by atoms with van der Waals surface area (Å²) >= 11 is 0. The fourth-order valence-electron chi connectivity index (χ4n) is 4.56. The van der Waals surface area contributed by atoms with E-state index in [4.69, 9.17) is 5.73 Å². The average molecular weight is 430 g/mol. The molecule has 6 rings (SSSR count). The largest absolute Gasteiger partial charge is 0.338 e. The lowest BCUT2D eigenvalue weighted by Gasteiger charge is -2.19. The number of pyridine rings is 1. The Kier molecular flexibility index (Phi) is 4.03. The van der Waals surface area contributed by atoms with Gasteiger partial charge in [0.2, 0.25) is 0 Å². The number of likely N-dealkylation sites (tertiary alicyclic amines) is 1. The fraction of sp³-hybridized carbons (Fsp3) is 0.217. The second-order valence-corrected chi connectivity index (χ2v) is 8.45. The average Bonchev–Trinajstić information content (AvgIpc) is 3.22. The molecular formula is C23H19FN6O2. The number of rotatable bonds is 3. The van der Waals surface area contributed by atoms with E-state index in [2.05, 4.69) is 15.3 Å². The van der Waals surface area contributed by atoms with E-state index in [1.54, 1.807) is 36.5 Å². The van der Waals surface area contributed by atoms with Crippen LogP contribution in [0, 0.1) is 17.7 Å². The molecule has 1 saturated carbocycles. The van der Waals surface area contributed by atoms with Crippen LogP contribution >= 0.6 is 0 Å². The van der Waals surface area contributed by atoms with Gasteiger partial charge in [-0.1, -0.05) is 5.21 Å². The molecule has 0 radical (unpaired) electrons. The smallest absolute Gasteiger partial charge is 0.258 e. The molecule has 2 aromatic carbocycles. The van der Waals surface area contributed by atoms with Crippen molar-refractivity contribution in [2.75, 3.05) is 13.1 Å². The van der Waals surface area contributed by atoms with Crippen LogP contribution in [-0.2, 0) is 0 Å². The number of fused-ring (bicyclic) bond motifs is 2. The highest BCUT2D eigenvalue weighted by molar-refractivity contribution is 5.94. The molecule has 3 heterocycles. The van der Waals surface area contributed by atoms with Gasteiger partial charge in [0, 0.05) is 35.6 Å². The molecule has 9 heteroatoms. The Labute approximate surface area is 181 Å². The molecule has 2 aromatic heterocycles. The van der Waals surface area contributed by atoms with Crippen molar-refractivity contribution in [2.45, 2.75) is 6.04 Å². The van der Waals surface area contributed by atoms with Crippen molar-refractivity contribution in [3.05, 3.63) is 76.5 Å². The number of halogens is 1. The number of aromatic nitrogens is 4. The fourth-order valence-corrected chi connectivity index (χ4v) is 4.56. The van der Waals surface area contributed by atoms with Gasteiger partial charge in [0.1, 0.15) is 11.5 Å². The Morgan fingerprint density at radius 1 is 1.09 bits per heavy atom. The van der Waals surface area contributed by atoms with Crippen LogP contribution in [0.25, 0.3) is 27.8 Å². The van der Waals surface area contributed by atoms with Crippen molar-refractivity contribution >= 4 is 16.8 Å². The van der Waals surface area contributed by atoms with Crippen molar-refractivity contribution in [2.24, 2.45) is 17.6 Å². The van der Waals surface area contributed by atoms with Crippen LogP contribution in [0.1, 0.15) is 10.4 Å². The van der Waals surface area contributed by atoms with Gasteiger partial charge >= 0.3 is 0 Å². The van der Waals surface area contributed by atoms with Crippen LogP contribution in [0.15, 0.2) is 59.5 Å². The Morgan fingerprint density at radius 2 is 1.84 bits per heavy atom. The maximum absolute atomic E-state index is 13.6. The van der Waals surface area contributed by atoms with Gasteiger partial charge in [-0.15, -0.1) is 5.10 Å². The van der Waals surface area contributed by atoms with Crippen molar-refractivity contribution in [1.82, 2.24) is 24.9 Å². The molecule has 2 atom stereocenters. The summed E-state index contributed by atoms with van der Waals surface area (Å²) in [6, 6.07) is 13.1. The number of nitrogens with zero attached hydrogens (tertiary/aromatic N) is 4. The molecule has 0 spiro atoms. The quantitative estimate of drug-likeness (QED) is 0.516. The molecule has 1 saturated heterocycles. The van der Waals surface area contributed by atoms with E-state index in [1.165, 1.54) is 22.9 Å². The number of benzene rings is 2. The Balaban J connectivity index is 1.25. The number of hydrogen-bond donors (Lipinski definition) is 2. The van der Waals surface area contributed by atoms with Crippen molar-refractivity contribution < 1.29 is 9.18 Å². The molecule has 1 aliphatic heterocycles. The van der Waals surface area contributed by atoms with E-state index in [-0.39, 0.29) is 23.3 Å². The van der Waals surface area contributed by atoms with Crippen molar-refractivity contribution in [3.63, 3.8) is 0 Å². The van der Waals surface area contributed by atoms with Gasteiger partial charge in [-0.3, -0.25) is 9.59 Å². The van der Waals surface area contributed by atoms with Gasteiger partial charge in [0.25, 0.3) is 11.5 Å². The van der Waals surface area contributed by atoms with E-state index in [0.29, 0.717) is 45.2 Å². The number of carbonyl (C=O) groups excluding carboxylic acids is 1. The standard InChI is InChI=1S/C23H19FN6O2/c24-14-3-6-19-13(7-14)8-16(22(31)26-19)20-11-30(28-27-20)15-4-1-12(2-5-15)23(32)29-9-17-18(10-29)21(17)25/h1-8,11,17-18,21H,9-10,25H2,(H,26,31). The van der Waals surface area contributed by atoms with E-state index in [0.717, 1.165) is 13.1 Å². The SMILES string of the molecule is NC1C2CN(C(=O)c3ccc(-n4cc(-c5cc6cc(F)ccc6[nH]c5=O)nn4)cc3)CC12. The molecule has 160 valence electrons. The Morgan fingerprint density at radius 3 is 2.59 bits per heavy atom. The highest BCUT2D eigenvalue weighted by Gasteiger charge is 2.54. The number of H-pyrrole nitrogens is 1. The molecule has 1 aliphatic carbocycles. The normalized spacial score (nSPS) is 21.7. The molecule has 1 amide bonds. The first-order chi connectivity index (χ1) is 15.5. The van der Waals surface area contributed by atoms with Crippen LogP contribution < -0.4 is 11.3 Å². The monoisotopic (exact) mass is 430 g/mol. The summed E-state index contributed by atoms with van der Waals surface area (Å²) in [4.78, 5) is 29.8. The number of aromatic amines is 1. The van der Waals surface area contributed by atoms with E-state index >= 15 is 0 Å². The minimum absolute atomic E-state index is 0.00478. The van der Waals surface area contributed by atoms with Gasteiger partial charge < -0.3 is 15.6 Å². The third-order valence-electron chi connectivity index (χ3n) is 6.50. The van der Waals surface area contributed by atoms with Gasteiger partial charge in [0.05, 0.1) is 17.4 Å². The van der Waals surface area contributed by atoms with E-state index in [9.17, 15) is 14.0 Å². The topological polar surface area (TPSA) is 110 Å². The van der Waals surface area contributed by atoms with Crippen LogP contribution in [0.4, 0.5) is 4.39 Å². The number of piperidine rings is 1. The third kappa shape index (κ3) is 3.01. The molecule has 2 unspecified atom stereocenters. The molecule has 3 N–H and O–H groups in total. The zero-order valence-electron chi connectivity index (χ0n) is 16.9. The van der Waals surface area contributed by atoms with Crippen molar-refractivity contribution in [1.29, 1.82) is 0 Å². The summed E-state index contributed by atoms with van der Waals surface area (Å²) in [5.41, 5.74) is 8.14. The highest BCUT2D eigenvalue weighted by Crippen LogP contribution is 2.44. The van der Waals surface area contributed by atoms with Gasteiger partial charge in [-0.2, -0.15) is 0 Å². The molecule has 2 fully saturated rings. The lowest BCUT2D eigenvalue weighted by Crippen LogP contribution is -2.33. The molecular weight excluding hydrogens is 411 g/mol. The number of nitrogens with one attached hydrogen (secondary N) is 1. The van der Waals surface area contributed by atoms with Crippen molar-refractivity contribution in [3.8, 4) is 16.9 Å². The second-order valence-electron chi connectivity index (χ2n) is 8.45. The van der Waals surface area contributed by atoms with Crippen LogP contribution in [0.3, 0.4) is 0 Å². The number of carbonyl (C=O) groups is 1. The Bertz CT molecular complexity index is 1410. The predicted octanol–water partition coefficient (Wildman–Crippen LogP) is 1.94. The zero-order chi connectivity index (χ0) is 22.0. The molecule has 8 nitrogen and oxygen atoms in total. The lowest BCUT2D eigenvalue weighted by molar-refractivity contribution is 0.0773. The lowest BCUT2D eigenvalue weighted by atomic mass is 10.1. The molecule has 2 aliphatic rings. The minimum Gasteiger partial charge on any atom is -0.338 e. The summed E-state index contributed by atoms with van der Waals surface area (Å²) < 4.78 is 15.1. The first-order valence-corrected chi connectivity index (χ1v) is 10.4. The zero-order valence-corrected chi connectivity index (χ0v) is 16.9. The minimum atomic E-state index is -0.386. The van der Waals surface area contributed by atoms with Gasteiger partial charge in [-0.25, -0.2) is 9.07 Å². The first-order valence-electron chi connectivity index (χ1n) is 10.4. The molecule has 0 bridgehead atoms. The summed E-state index contributed by atoms with van der Waals surface area (Å²) in [6.07, 6.45) is 1.63. The molecule has 32 heavy (non-hydrogen) atoms. The maximum Gasteiger partial charge on any atom is 0.258 e. The summed E-state index contributed by atoms with van der Waals surface area (Å²) in [6.45, 7) is 1.45. The summed E-state index contributed by atoms with van der Waals surface area (Å²) in [7, 11) is 0. The second kappa shape index (κ2) is 6.83. The van der Waals surface area contributed by atoms with Crippen LogP contribution in [-0.4, -0.2) is 49.9 Å². The highest BCUT2D eigenvalue weighted by atomic mass is 19.1. The number of nitrogens with two attached hydrogens (primary N) is 1. The maximum atomic E-state index is 13.6. The van der Waals surface area contributed by atoms with Crippen LogP contribution in [0.5, 0.6) is 0 Å². The van der Waals surface area contributed by atoms with Gasteiger partial charge in [0.15, 0.2) is 0 Å². The van der Waals surface area contributed by atoms with Crippen LogP contribution in [0.2, 0.25) is 0 Å². The number of hydrogen-bond acceptors (Lipinski definition) is 5. The van der Waals surface area contributed by atoms with E-state index in [1.807, 2.05) is 4.90 Å². The van der Waals surface area contributed by atoms with E-state index < -0.39 is 0 Å².